The number of carbonyl (C=O) groups is 1. The summed E-state index contributed by atoms with van der Waals surface area (Å²) in [6, 6.07) is 16.3. The summed E-state index contributed by atoms with van der Waals surface area (Å²) >= 11 is 5.97. The van der Waals surface area contributed by atoms with Crippen molar-refractivity contribution in [2.24, 2.45) is 5.92 Å². The van der Waals surface area contributed by atoms with Gasteiger partial charge in [0.2, 0.25) is 0 Å². The minimum atomic E-state index is 0.166. The number of benzene rings is 2. The van der Waals surface area contributed by atoms with Crippen molar-refractivity contribution in [1.82, 2.24) is 9.88 Å². The second-order valence-corrected chi connectivity index (χ2v) is 8.17. The Morgan fingerprint density at radius 2 is 1.82 bits per heavy atom. The zero-order valence-corrected chi connectivity index (χ0v) is 17.0. The van der Waals surface area contributed by atoms with E-state index >= 15 is 0 Å². The minimum Gasteiger partial charge on any atom is -0.299 e. The van der Waals surface area contributed by atoms with Gasteiger partial charge in [-0.3, -0.25) is 14.7 Å². The number of piperidine rings is 1. The molecule has 1 aliphatic rings. The zero-order chi connectivity index (χ0) is 19.5. The van der Waals surface area contributed by atoms with Crippen molar-refractivity contribution in [3.05, 3.63) is 76.6 Å². The molecule has 3 nitrogen and oxygen atoms in total. The molecule has 0 atom stereocenters. The van der Waals surface area contributed by atoms with Crippen LogP contribution in [0.4, 0.5) is 0 Å². The van der Waals surface area contributed by atoms with Crippen LogP contribution in [0.5, 0.6) is 0 Å². The van der Waals surface area contributed by atoms with E-state index < -0.39 is 0 Å². The highest BCUT2D eigenvalue weighted by atomic mass is 35.5. The predicted octanol–water partition coefficient (Wildman–Crippen LogP) is 5.22. The van der Waals surface area contributed by atoms with Crippen LogP contribution in [-0.4, -0.2) is 28.8 Å². The van der Waals surface area contributed by atoms with E-state index in [9.17, 15) is 4.79 Å². The first-order valence-corrected chi connectivity index (χ1v) is 10.3. The van der Waals surface area contributed by atoms with Gasteiger partial charge in [0.25, 0.3) is 0 Å². The number of pyridine rings is 1. The summed E-state index contributed by atoms with van der Waals surface area (Å²) in [5.74, 6) is 0.535. The zero-order valence-electron chi connectivity index (χ0n) is 16.2. The quantitative estimate of drug-likeness (QED) is 0.596. The van der Waals surface area contributed by atoms with Gasteiger partial charge < -0.3 is 0 Å². The lowest BCUT2D eigenvalue weighted by atomic mass is 9.88. The van der Waals surface area contributed by atoms with E-state index in [0.29, 0.717) is 12.2 Å². The smallest absolute Gasteiger partial charge is 0.140 e. The molecular weight excluding hydrogens is 368 g/mol. The van der Waals surface area contributed by atoms with Crippen LogP contribution in [0.2, 0.25) is 5.02 Å². The average Bonchev–Trinajstić information content (AvgIpc) is 2.71. The molecule has 0 aliphatic carbocycles. The van der Waals surface area contributed by atoms with E-state index in [1.165, 1.54) is 5.56 Å². The Kier molecular flexibility index (Phi) is 5.74. The Bertz CT molecular complexity index is 976. The first kappa shape index (κ1) is 19.1. The van der Waals surface area contributed by atoms with Crippen LogP contribution in [-0.2, 0) is 17.8 Å². The summed E-state index contributed by atoms with van der Waals surface area (Å²) in [4.78, 5) is 19.7. The number of aromatic nitrogens is 1. The van der Waals surface area contributed by atoms with E-state index in [1.807, 2.05) is 37.4 Å². The van der Waals surface area contributed by atoms with Gasteiger partial charge in [0.1, 0.15) is 5.78 Å². The van der Waals surface area contributed by atoms with Gasteiger partial charge in [-0.1, -0.05) is 41.9 Å². The molecule has 1 aromatic heterocycles. The number of likely N-dealkylation sites (tertiary alicyclic amines) is 1. The van der Waals surface area contributed by atoms with Crippen LogP contribution in [0.25, 0.3) is 10.8 Å². The highest BCUT2D eigenvalue weighted by Gasteiger charge is 2.25. The lowest BCUT2D eigenvalue weighted by Crippen LogP contribution is -2.36. The Balaban J connectivity index is 1.37. The monoisotopic (exact) mass is 392 g/mol. The average molecular weight is 393 g/mol. The van der Waals surface area contributed by atoms with Crippen LogP contribution in [0, 0.1) is 12.8 Å². The highest BCUT2D eigenvalue weighted by molar-refractivity contribution is 6.30. The van der Waals surface area contributed by atoms with Gasteiger partial charge in [-0.05, 0) is 67.6 Å². The molecule has 0 bridgehead atoms. The van der Waals surface area contributed by atoms with E-state index in [2.05, 4.69) is 34.1 Å². The first-order chi connectivity index (χ1) is 13.6. The Morgan fingerprint density at radius 1 is 1.07 bits per heavy atom. The van der Waals surface area contributed by atoms with Gasteiger partial charge in [-0.25, -0.2) is 0 Å². The van der Waals surface area contributed by atoms with Gasteiger partial charge >= 0.3 is 0 Å². The van der Waals surface area contributed by atoms with Crippen LogP contribution in [0.3, 0.4) is 0 Å². The van der Waals surface area contributed by atoms with E-state index in [4.69, 9.17) is 11.6 Å². The molecule has 0 radical (unpaired) electrons. The fourth-order valence-corrected chi connectivity index (χ4v) is 4.29. The summed E-state index contributed by atoms with van der Waals surface area (Å²) in [7, 11) is 0. The Morgan fingerprint density at radius 3 is 2.57 bits per heavy atom. The third-order valence-electron chi connectivity index (χ3n) is 5.82. The van der Waals surface area contributed by atoms with Crippen molar-refractivity contribution >= 4 is 28.2 Å². The number of ketones is 1. The molecule has 144 valence electrons. The van der Waals surface area contributed by atoms with Crippen LogP contribution in [0.1, 0.15) is 29.7 Å². The van der Waals surface area contributed by atoms with Crippen LogP contribution < -0.4 is 0 Å². The summed E-state index contributed by atoms with van der Waals surface area (Å²) < 4.78 is 0. The molecule has 0 N–H and O–H groups in total. The number of hydrogen-bond acceptors (Lipinski definition) is 3. The van der Waals surface area contributed by atoms with Crippen molar-refractivity contribution in [1.29, 1.82) is 0 Å². The van der Waals surface area contributed by atoms with Gasteiger partial charge in [0.15, 0.2) is 0 Å². The normalized spacial score (nSPS) is 15.8. The summed E-state index contributed by atoms with van der Waals surface area (Å²) in [5.41, 5.74) is 3.41. The molecule has 0 unspecified atom stereocenters. The molecular formula is C24H25ClN2O. The summed E-state index contributed by atoms with van der Waals surface area (Å²) in [5, 5.41) is 3.07. The third kappa shape index (κ3) is 4.26. The predicted molar refractivity (Wildman–Crippen MR) is 115 cm³/mol. The number of hydrogen-bond donors (Lipinski definition) is 0. The lowest BCUT2D eigenvalue weighted by molar-refractivity contribution is -0.123. The molecule has 0 amide bonds. The summed E-state index contributed by atoms with van der Waals surface area (Å²) in [6.45, 7) is 4.88. The number of aryl methyl sites for hydroxylation is 1. The maximum Gasteiger partial charge on any atom is 0.140 e. The molecule has 1 fully saturated rings. The number of halogens is 1. The fourth-order valence-electron chi connectivity index (χ4n) is 4.17. The standard InChI is InChI=1S/C24H25ClN2O/c1-17-22-4-2-3-20(23(22)9-12-26-17)15-24(28)19-10-13-27(14-11-19)16-18-5-7-21(25)8-6-18/h2-9,12,19H,10-11,13-16H2,1H3. The molecule has 4 rings (SSSR count). The molecule has 1 saturated heterocycles. The molecule has 2 heterocycles. The van der Waals surface area contributed by atoms with Gasteiger partial charge in [-0.15, -0.1) is 0 Å². The number of fused-ring (bicyclic) bond motifs is 1. The van der Waals surface area contributed by atoms with Crippen molar-refractivity contribution in [2.75, 3.05) is 13.1 Å². The van der Waals surface area contributed by atoms with E-state index in [0.717, 1.165) is 59.5 Å². The topological polar surface area (TPSA) is 33.2 Å². The van der Waals surface area contributed by atoms with Gasteiger partial charge in [-0.2, -0.15) is 0 Å². The molecule has 1 aliphatic heterocycles. The highest BCUT2D eigenvalue weighted by Crippen LogP contribution is 2.25. The van der Waals surface area contributed by atoms with Crippen molar-refractivity contribution in [2.45, 2.75) is 32.7 Å². The lowest BCUT2D eigenvalue weighted by Gasteiger charge is -2.31. The number of rotatable bonds is 5. The Hall–Kier alpha value is -2.23. The fraction of sp³-hybridized carbons (Fsp3) is 0.333. The first-order valence-electron chi connectivity index (χ1n) is 9.93. The maximum atomic E-state index is 12.9. The number of Topliss-reactive ketones (excluding diaryl/α,β-unsaturated/α-hetero) is 1. The third-order valence-corrected chi connectivity index (χ3v) is 6.07. The number of carbonyl (C=O) groups excluding carboxylic acids is 1. The molecule has 2 aromatic carbocycles. The SMILES string of the molecule is Cc1nccc2c(CC(=O)C3CCN(Cc4ccc(Cl)cc4)CC3)cccc12. The molecule has 3 aromatic rings. The van der Waals surface area contributed by atoms with Crippen molar-refractivity contribution in [3.8, 4) is 0 Å². The second-order valence-electron chi connectivity index (χ2n) is 7.73. The van der Waals surface area contributed by atoms with Crippen LogP contribution >= 0.6 is 11.6 Å². The second kappa shape index (κ2) is 8.42. The maximum absolute atomic E-state index is 12.9. The van der Waals surface area contributed by atoms with E-state index in [-0.39, 0.29) is 5.92 Å². The van der Waals surface area contributed by atoms with Crippen LogP contribution in [0.15, 0.2) is 54.7 Å². The van der Waals surface area contributed by atoms with Gasteiger partial charge in [0.05, 0.1) is 0 Å². The molecule has 4 heteroatoms. The Labute approximate surface area is 171 Å². The molecule has 0 saturated carbocycles. The van der Waals surface area contributed by atoms with Gasteiger partial charge in [0, 0.05) is 41.2 Å². The largest absolute Gasteiger partial charge is 0.299 e. The minimum absolute atomic E-state index is 0.166. The van der Waals surface area contributed by atoms with Crippen molar-refractivity contribution < 1.29 is 4.79 Å². The summed E-state index contributed by atoms with van der Waals surface area (Å²) in [6.07, 6.45) is 4.24. The number of nitrogens with zero attached hydrogens (tertiary/aromatic N) is 2. The molecule has 0 spiro atoms. The van der Waals surface area contributed by atoms with Crippen molar-refractivity contribution in [3.63, 3.8) is 0 Å². The van der Waals surface area contributed by atoms with E-state index in [1.54, 1.807) is 0 Å². The molecule has 28 heavy (non-hydrogen) atoms.